The lowest BCUT2D eigenvalue weighted by atomic mass is 10.0. The third kappa shape index (κ3) is 2.35. The van der Waals surface area contributed by atoms with Crippen LogP contribution in [0, 0.1) is 6.92 Å². The van der Waals surface area contributed by atoms with Gasteiger partial charge in [0.25, 0.3) is 0 Å². The molecule has 1 unspecified atom stereocenters. The van der Waals surface area contributed by atoms with Crippen LogP contribution in [-0.2, 0) is 11.3 Å². The molecule has 24 heavy (non-hydrogen) atoms. The lowest BCUT2D eigenvalue weighted by Crippen LogP contribution is -2.34. The quantitative estimate of drug-likeness (QED) is 0.702. The summed E-state index contributed by atoms with van der Waals surface area (Å²) in [7, 11) is 0. The first-order chi connectivity index (χ1) is 11.6. The van der Waals surface area contributed by atoms with Gasteiger partial charge < -0.3 is 15.4 Å². The van der Waals surface area contributed by atoms with E-state index in [1.54, 1.807) is 12.4 Å². The Balaban J connectivity index is 1.88. The van der Waals surface area contributed by atoms with Crippen molar-refractivity contribution >= 4 is 22.7 Å². The van der Waals surface area contributed by atoms with Crippen molar-refractivity contribution in [2.24, 2.45) is 0 Å². The molecule has 1 atom stereocenters. The minimum absolute atomic E-state index is 0.0185. The monoisotopic (exact) mass is 325 g/mol. The standard InChI is InChI=1S/C16H19N7O/c1-9-13-11(3-4-18-14(13)17)8-24-6-5-23(9)16-12-7-19-22-15(12)20-10(2)21-16/h3-4,7,9H,5-6,8H2,1-2H3,(H2,17,18)(H,19,20,21,22). The van der Waals surface area contributed by atoms with E-state index in [0.29, 0.717) is 31.4 Å². The zero-order valence-corrected chi connectivity index (χ0v) is 13.7. The second-order valence-corrected chi connectivity index (χ2v) is 5.92. The minimum Gasteiger partial charge on any atom is -0.383 e. The predicted octanol–water partition coefficient (Wildman–Crippen LogP) is 1.74. The molecule has 0 aliphatic carbocycles. The predicted molar refractivity (Wildman–Crippen MR) is 90.5 cm³/mol. The highest BCUT2D eigenvalue weighted by molar-refractivity contribution is 5.86. The average Bonchev–Trinajstić information content (AvgIpc) is 3.00. The summed E-state index contributed by atoms with van der Waals surface area (Å²) in [6.45, 7) is 5.84. The van der Waals surface area contributed by atoms with Crippen molar-refractivity contribution in [1.82, 2.24) is 25.1 Å². The first kappa shape index (κ1) is 14.8. The molecule has 3 N–H and O–H groups in total. The zero-order valence-electron chi connectivity index (χ0n) is 13.7. The lowest BCUT2D eigenvalue weighted by molar-refractivity contribution is 0.121. The Hall–Kier alpha value is -2.74. The van der Waals surface area contributed by atoms with E-state index in [1.807, 2.05) is 13.0 Å². The number of H-pyrrole nitrogens is 1. The smallest absolute Gasteiger partial charge is 0.161 e. The van der Waals surface area contributed by atoms with Gasteiger partial charge >= 0.3 is 0 Å². The maximum atomic E-state index is 6.17. The number of pyridine rings is 1. The van der Waals surface area contributed by atoms with E-state index in [0.717, 1.165) is 28.0 Å². The molecule has 4 heterocycles. The number of ether oxygens (including phenoxy) is 1. The fourth-order valence-electron chi connectivity index (χ4n) is 3.27. The van der Waals surface area contributed by atoms with Crippen LogP contribution in [0.25, 0.3) is 11.0 Å². The summed E-state index contributed by atoms with van der Waals surface area (Å²) in [6, 6.07) is 1.98. The SMILES string of the molecule is Cc1nc(N2CCOCc3ccnc(N)c3C2C)c2cn[nH]c2n1. The van der Waals surface area contributed by atoms with Crippen LogP contribution < -0.4 is 10.6 Å². The van der Waals surface area contributed by atoms with E-state index < -0.39 is 0 Å². The van der Waals surface area contributed by atoms with E-state index in [4.69, 9.17) is 10.5 Å². The molecule has 1 aliphatic rings. The van der Waals surface area contributed by atoms with Crippen molar-refractivity contribution in [3.8, 4) is 0 Å². The molecule has 0 aromatic carbocycles. The van der Waals surface area contributed by atoms with E-state index >= 15 is 0 Å². The number of aromatic amines is 1. The highest BCUT2D eigenvalue weighted by Gasteiger charge is 2.26. The van der Waals surface area contributed by atoms with Crippen molar-refractivity contribution in [2.45, 2.75) is 26.5 Å². The Morgan fingerprint density at radius 2 is 2.25 bits per heavy atom. The van der Waals surface area contributed by atoms with Gasteiger partial charge in [-0.15, -0.1) is 0 Å². The maximum absolute atomic E-state index is 6.17. The molecule has 4 rings (SSSR count). The van der Waals surface area contributed by atoms with Gasteiger partial charge in [0, 0.05) is 18.3 Å². The number of nitrogen functional groups attached to an aromatic ring is 1. The molecule has 0 saturated carbocycles. The van der Waals surface area contributed by atoms with Gasteiger partial charge in [-0.05, 0) is 25.5 Å². The minimum atomic E-state index is 0.0185. The summed E-state index contributed by atoms with van der Waals surface area (Å²) in [5.41, 5.74) is 8.95. The number of fused-ring (bicyclic) bond motifs is 2. The summed E-state index contributed by atoms with van der Waals surface area (Å²) in [5, 5.41) is 7.91. The van der Waals surface area contributed by atoms with Gasteiger partial charge in [0.15, 0.2) is 5.65 Å². The summed E-state index contributed by atoms with van der Waals surface area (Å²) >= 11 is 0. The normalized spacial score (nSPS) is 18.2. The molecule has 124 valence electrons. The third-order valence-corrected chi connectivity index (χ3v) is 4.40. The largest absolute Gasteiger partial charge is 0.383 e. The second-order valence-electron chi connectivity index (χ2n) is 5.92. The molecule has 8 heteroatoms. The van der Waals surface area contributed by atoms with Crippen LogP contribution in [0.2, 0.25) is 0 Å². The van der Waals surface area contributed by atoms with Gasteiger partial charge in [-0.1, -0.05) is 0 Å². The number of aryl methyl sites for hydroxylation is 1. The average molecular weight is 325 g/mol. The first-order valence-electron chi connectivity index (χ1n) is 7.90. The first-order valence-corrected chi connectivity index (χ1v) is 7.90. The molecule has 0 radical (unpaired) electrons. The number of aromatic nitrogens is 5. The number of nitrogens with two attached hydrogens (primary N) is 1. The van der Waals surface area contributed by atoms with Crippen molar-refractivity contribution in [1.29, 1.82) is 0 Å². The maximum Gasteiger partial charge on any atom is 0.161 e. The lowest BCUT2D eigenvalue weighted by Gasteiger charge is -2.34. The number of hydrogen-bond acceptors (Lipinski definition) is 7. The van der Waals surface area contributed by atoms with E-state index in [9.17, 15) is 0 Å². The Morgan fingerprint density at radius 3 is 3.12 bits per heavy atom. The Morgan fingerprint density at radius 1 is 1.38 bits per heavy atom. The Labute approximate surface area is 139 Å². The van der Waals surface area contributed by atoms with Crippen LogP contribution in [0.5, 0.6) is 0 Å². The molecule has 8 nitrogen and oxygen atoms in total. The van der Waals surface area contributed by atoms with E-state index in [2.05, 4.69) is 37.0 Å². The molecule has 0 saturated heterocycles. The Kier molecular flexibility index (Phi) is 3.53. The molecule has 3 aromatic rings. The topological polar surface area (TPSA) is 106 Å². The Bertz CT molecular complexity index is 891. The number of hydrogen-bond donors (Lipinski definition) is 2. The highest BCUT2D eigenvalue weighted by atomic mass is 16.5. The van der Waals surface area contributed by atoms with Crippen LogP contribution in [-0.4, -0.2) is 38.3 Å². The van der Waals surface area contributed by atoms with Gasteiger partial charge in [0.2, 0.25) is 0 Å². The van der Waals surface area contributed by atoms with Gasteiger partial charge in [-0.25, -0.2) is 15.0 Å². The third-order valence-electron chi connectivity index (χ3n) is 4.40. The molecular formula is C16H19N7O. The fraction of sp³-hybridized carbons (Fsp3) is 0.375. The van der Waals surface area contributed by atoms with E-state index in [1.165, 1.54) is 0 Å². The van der Waals surface area contributed by atoms with Crippen LogP contribution in [0.3, 0.4) is 0 Å². The molecule has 1 aliphatic heterocycles. The summed E-state index contributed by atoms with van der Waals surface area (Å²) in [6.07, 6.45) is 3.48. The van der Waals surface area contributed by atoms with Gasteiger partial charge in [0.05, 0.1) is 30.8 Å². The van der Waals surface area contributed by atoms with Gasteiger partial charge in [-0.2, -0.15) is 5.10 Å². The molecular weight excluding hydrogens is 306 g/mol. The van der Waals surface area contributed by atoms with Crippen LogP contribution in [0.1, 0.15) is 29.9 Å². The second kappa shape index (κ2) is 5.72. The van der Waals surface area contributed by atoms with Crippen molar-refractivity contribution in [3.05, 3.63) is 35.4 Å². The van der Waals surface area contributed by atoms with Crippen LogP contribution >= 0.6 is 0 Å². The van der Waals surface area contributed by atoms with Crippen molar-refractivity contribution in [3.63, 3.8) is 0 Å². The van der Waals surface area contributed by atoms with Crippen LogP contribution in [0.15, 0.2) is 18.5 Å². The summed E-state index contributed by atoms with van der Waals surface area (Å²) < 4.78 is 5.79. The molecule has 0 fully saturated rings. The number of rotatable bonds is 1. The van der Waals surface area contributed by atoms with Crippen molar-refractivity contribution in [2.75, 3.05) is 23.8 Å². The number of anilines is 2. The number of nitrogens with one attached hydrogen (secondary N) is 1. The van der Waals surface area contributed by atoms with Crippen molar-refractivity contribution < 1.29 is 4.74 Å². The highest BCUT2D eigenvalue weighted by Crippen LogP contribution is 2.34. The fourth-order valence-corrected chi connectivity index (χ4v) is 3.27. The number of nitrogens with zero attached hydrogens (tertiary/aromatic N) is 5. The summed E-state index contributed by atoms with van der Waals surface area (Å²) in [4.78, 5) is 15.5. The van der Waals surface area contributed by atoms with Gasteiger partial charge in [0.1, 0.15) is 17.5 Å². The zero-order chi connectivity index (χ0) is 16.7. The molecule has 0 amide bonds. The molecule has 0 bridgehead atoms. The van der Waals surface area contributed by atoms with Crippen LogP contribution in [0.4, 0.5) is 11.6 Å². The molecule has 0 spiro atoms. The van der Waals surface area contributed by atoms with E-state index in [-0.39, 0.29) is 6.04 Å². The summed E-state index contributed by atoms with van der Waals surface area (Å²) in [5.74, 6) is 2.06. The van der Waals surface area contributed by atoms with Gasteiger partial charge in [-0.3, -0.25) is 5.10 Å². The molecule has 3 aromatic heterocycles.